The third-order valence-electron chi connectivity index (χ3n) is 4.40. The second-order valence-electron chi connectivity index (χ2n) is 6.03. The van der Waals surface area contributed by atoms with E-state index in [0.29, 0.717) is 5.75 Å². The van der Waals surface area contributed by atoms with Crippen LogP contribution in [-0.4, -0.2) is 26.9 Å². The third kappa shape index (κ3) is 4.08. The van der Waals surface area contributed by atoms with Gasteiger partial charge >= 0.3 is 0 Å². The van der Waals surface area contributed by atoms with E-state index in [9.17, 15) is 8.42 Å². The molecule has 3 aromatic rings. The number of sulfonamides is 1. The van der Waals surface area contributed by atoms with E-state index >= 15 is 0 Å². The summed E-state index contributed by atoms with van der Waals surface area (Å²) in [5.74, 6) is 0.502. The van der Waals surface area contributed by atoms with Gasteiger partial charge in [0.15, 0.2) is 0 Å². The second-order valence-corrected chi connectivity index (χ2v) is 8.89. The van der Waals surface area contributed by atoms with Crippen LogP contribution in [0.3, 0.4) is 0 Å². The van der Waals surface area contributed by atoms with Crippen LogP contribution in [0.15, 0.2) is 88.2 Å². The highest BCUT2D eigenvalue weighted by Gasteiger charge is 2.31. The highest BCUT2D eigenvalue weighted by molar-refractivity contribution is 9.10. The number of ether oxygens (including phenoxy) is 1. The lowest BCUT2D eigenvalue weighted by molar-refractivity contribution is 0.408. The van der Waals surface area contributed by atoms with E-state index in [2.05, 4.69) is 15.9 Å². The molecule has 1 unspecified atom stereocenters. The zero-order valence-corrected chi connectivity index (χ0v) is 17.4. The van der Waals surface area contributed by atoms with E-state index in [1.807, 2.05) is 54.6 Å². The van der Waals surface area contributed by atoms with Crippen molar-refractivity contribution in [3.05, 3.63) is 94.5 Å². The maximum absolute atomic E-state index is 13.4. The number of hydrogen-bond donors (Lipinski definition) is 0. The van der Waals surface area contributed by atoms with E-state index in [1.165, 1.54) is 17.5 Å². The Labute approximate surface area is 168 Å². The van der Waals surface area contributed by atoms with Gasteiger partial charge in [0.25, 0.3) is 0 Å². The van der Waals surface area contributed by atoms with Crippen LogP contribution in [0, 0.1) is 0 Å². The van der Waals surface area contributed by atoms with Crippen molar-refractivity contribution in [2.75, 3.05) is 14.2 Å². The summed E-state index contributed by atoms with van der Waals surface area (Å²) < 4.78 is 34.2. The molecule has 0 saturated carbocycles. The Kier molecular flexibility index (Phi) is 5.99. The summed E-state index contributed by atoms with van der Waals surface area (Å²) in [6.45, 7) is 0. The van der Waals surface area contributed by atoms with Crippen molar-refractivity contribution >= 4 is 26.0 Å². The predicted molar refractivity (Wildman–Crippen MR) is 110 cm³/mol. The summed E-state index contributed by atoms with van der Waals surface area (Å²) >= 11 is 3.57. The van der Waals surface area contributed by atoms with Gasteiger partial charge in [-0.2, -0.15) is 4.31 Å². The maximum atomic E-state index is 13.4. The molecule has 0 amide bonds. The molecule has 0 fully saturated rings. The molecule has 1 atom stereocenters. The lowest BCUT2D eigenvalue weighted by Gasteiger charge is -2.29. The summed E-state index contributed by atoms with van der Waals surface area (Å²) in [5, 5.41) is 0. The third-order valence-corrected chi connectivity index (χ3v) is 6.94. The summed E-state index contributed by atoms with van der Waals surface area (Å²) in [6, 6.07) is 23.3. The van der Waals surface area contributed by atoms with Crippen LogP contribution >= 0.6 is 15.9 Å². The first-order valence-electron chi connectivity index (χ1n) is 8.36. The number of nitrogens with zero attached hydrogens (tertiary/aromatic N) is 1. The minimum Gasteiger partial charge on any atom is -0.497 e. The summed E-state index contributed by atoms with van der Waals surface area (Å²) in [4.78, 5) is 0.192. The van der Waals surface area contributed by atoms with Crippen molar-refractivity contribution in [1.29, 1.82) is 0 Å². The zero-order valence-electron chi connectivity index (χ0n) is 15.0. The average Bonchev–Trinajstić information content (AvgIpc) is 2.70. The first kappa shape index (κ1) is 19.6. The molecule has 4 nitrogen and oxygen atoms in total. The number of methoxy groups -OCH3 is 1. The SMILES string of the molecule is COc1cccc(S(=O)(=O)N(C)C(c2ccccc2)c2ccccc2Br)c1. The fraction of sp³-hybridized carbons (Fsp3) is 0.143. The van der Waals surface area contributed by atoms with Crippen molar-refractivity contribution in [2.45, 2.75) is 10.9 Å². The molecule has 0 aliphatic heterocycles. The van der Waals surface area contributed by atoms with E-state index in [0.717, 1.165) is 15.6 Å². The summed E-state index contributed by atoms with van der Waals surface area (Å²) in [6.07, 6.45) is 0. The van der Waals surface area contributed by atoms with Gasteiger partial charge in [0.2, 0.25) is 10.0 Å². The maximum Gasteiger partial charge on any atom is 0.243 e. The molecule has 3 aromatic carbocycles. The molecule has 0 heterocycles. The van der Waals surface area contributed by atoms with Gasteiger partial charge in [-0.15, -0.1) is 0 Å². The van der Waals surface area contributed by atoms with Crippen LogP contribution in [0.1, 0.15) is 17.2 Å². The first-order chi connectivity index (χ1) is 12.9. The molecule has 27 heavy (non-hydrogen) atoms. The molecule has 0 bridgehead atoms. The van der Waals surface area contributed by atoms with Gasteiger partial charge in [0, 0.05) is 17.6 Å². The number of benzene rings is 3. The Morgan fingerprint density at radius 2 is 1.59 bits per heavy atom. The lowest BCUT2D eigenvalue weighted by Crippen LogP contribution is -2.32. The Bertz CT molecular complexity index is 1020. The molecule has 0 spiro atoms. The number of hydrogen-bond acceptors (Lipinski definition) is 3. The second kappa shape index (κ2) is 8.25. The quantitative estimate of drug-likeness (QED) is 0.543. The highest BCUT2D eigenvalue weighted by atomic mass is 79.9. The summed E-state index contributed by atoms with van der Waals surface area (Å²) in [5.41, 5.74) is 1.76. The van der Waals surface area contributed by atoms with Gasteiger partial charge in [0.05, 0.1) is 18.0 Å². The van der Waals surface area contributed by atoms with Gasteiger partial charge in [0.1, 0.15) is 5.75 Å². The Balaban J connectivity index is 2.13. The molecule has 140 valence electrons. The molecule has 6 heteroatoms. The fourth-order valence-corrected chi connectivity index (χ4v) is 4.85. The molecule has 0 aliphatic carbocycles. The van der Waals surface area contributed by atoms with Crippen LogP contribution in [0.2, 0.25) is 0 Å². The monoisotopic (exact) mass is 445 g/mol. The van der Waals surface area contributed by atoms with Gasteiger partial charge in [-0.05, 0) is 29.3 Å². The van der Waals surface area contributed by atoms with Crippen molar-refractivity contribution in [3.8, 4) is 5.75 Å². The molecule has 0 aliphatic rings. The summed E-state index contributed by atoms with van der Waals surface area (Å²) in [7, 11) is -0.631. The van der Waals surface area contributed by atoms with E-state index < -0.39 is 16.1 Å². The lowest BCUT2D eigenvalue weighted by atomic mass is 9.99. The van der Waals surface area contributed by atoms with Gasteiger partial charge in [-0.25, -0.2) is 8.42 Å². The minimum atomic E-state index is -3.75. The van der Waals surface area contributed by atoms with Crippen LogP contribution in [0.25, 0.3) is 0 Å². The van der Waals surface area contributed by atoms with Gasteiger partial charge in [-0.3, -0.25) is 0 Å². The molecule has 0 N–H and O–H groups in total. The molecule has 0 radical (unpaired) electrons. The van der Waals surface area contributed by atoms with Crippen molar-refractivity contribution in [1.82, 2.24) is 4.31 Å². The molecular weight excluding hydrogens is 426 g/mol. The highest BCUT2D eigenvalue weighted by Crippen LogP contribution is 2.36. The van der Waals surface area contributed by atoms with Crippen molar-refractivity contribution < 1.29 is 13.2 Å². The van der Waals surface area contributed by atoms with E-state index in [-0.39, 0.29) is 4.90 Å². The minimum absolute atomic E-state index is 0.192. The van der Waals surface area contributed by atoms with Crippen LogP contribution < -0.4 is 4.74 Å². The van der Waals surface area contributed by atoms with E-state index in [1.54, 1.807) is 25.2 Å². The van der Waals surface area contributed by atoms with E-state index in [4.69, 9.17) is 4.74 Å². The Hall–Kier alpha value is -2.15. The molecular formula is C21H20BrNO3S. The van der Waals surface area contributed by atoms with Crippen LogP contribution in [-0.2, 0) is 10.0 Å². The largest absolute Gasteiger partial charge is 0.497 e. The number of halogens is 1. The smallest absolute Gasteiger partial charge is 0.243 e. The van der Waals surface area contributed by atoms with Crippen LogP contribution in [0.5, 0.6) is 5.75 Å². The first-order valence-corrected chi connectivity index (χ1v) is 10.6. The van der Waals surface area contributed by atoms with Crippen molar-refractivity contribution in [2.24, 2.45) is 0 Å². The number of rotatable bonds is 6. The molecule has 3 rings (SSSR count). The topological polar surface area (TPSA) is 46.6 Å². The van der Waals surface area contributed by atoms with Gasteiger partial charge < -0.3 is 4.74 Å². The van der Waals surface area contributed by atoms with Crippen molar-refractivity contribution in [3.63, 3.8) is 0 Å². The predicted octanol–water partition coefficient (Wildman–Crippen LogP) is 4.87. The van der Waals surface area contributed by atoms with Crippen LogP contribution in [0.4, 0.5) is 0 Å². The fourth-order valence-electron chi connectivity index (χ4n) is 2.98. The average molecular weight is 446 g/mol. The molecule has 0 aromatic heterocycles. The Morgan fingerprint density at radius 3 is 2.26 bits per heavy atom. The Morgan fingerprint density at radius 1 is 0.926 bits per heavy atom. The normalized spacial score (nSPS) is 12.7. The standard InChI is InChI=1S/C21H20BrNO3S/c1-23(27(24,25)18-12-8-11-17(15-18)26-2)21(16-9-4-3-5-10-16)19-13-6-7-14-20(19)22/h3-15,21H,1-2H3. The molecule has 0 saturated heterocycles. The zero-order chi connectivity index (χ0) is 19.4. The van der Waals surface area contributed by atoms with Gasteiger partial charge in [-0.1, -0.05) is 70.5 Å².